The maximum Gasteiger partial charge on any atom is 0.0594 e. The van der Waals surface area contributed by atoms with Gasteiger partial charge in [-0.2, -0.15) is 0 Å². The SMILES string of the molecule is CC(C)c1ccc(-c2cccc(CN3CCOCC3)c2)cc1. The normalized spacial score (nSPS) is 16.1. The summed E-state index contributed by atoms with van der Waals surface area (Å²) < 4.78 is 5.42. The highest BCUT2D eigenvalue weighted by Gasteiger charge is 2.11. The molecule has 3 rings (SSSR count). The van der Waals surface area contributed by atoms with Gasteiger partial charge in [-0.3, -0.25) is 4.90 Å². The second-order valence-corrected chi connectivity index (χ2v) is 6.37. The first-order chi connectivity index (χ1) is 10.7. The Morgan fingerprint density at radius 3 is 2.36 bits per heavy atom. The highest BCUT2D eigenvalue weighted by Crippen LogP contribution is 2.24. The molecule has 0 atom stereocenters. The van der Waals surface area contributed by atoms with Crippen LogP contribution in [-0.2, 0) is 11.3 Å². The number of benzene rings is 2. The van der Waals surface area contributed by atoms with Gasteiger partial charge in [0, 0.05) is 19.6 Å². The molecule has 0 aromatic heterocycles. The molecule has 0 amide bonds. The fourth-order valence-corrected chi connectivity index (χ4v) is 2.93. The number of rotatable bonds is 4. The van der Waals surface area contributed by atoms with E-state index in [1.54, 1.807) is 0 Å². The number of morpholine rings is 1. The minimum absolute atomic E-state index is 0.585. The molecule has 1 aliphatic rings. The monoisotopic (exact) mass is 295 g/mol. The Labute approximate surface area is 133 Å². The van der Waals surface area contributed by atoms with E-state index < -0.39 is 0 Å². The summed E-state index contributed by atoms with van der Waals surface area (Å²) in [5.74, 6) is 0.585. The van der Waals surface area contributed by atoms with E-state index in [1.807, 2.05) is 0 Å². The maximum absolute atomic E-state index is 5.42. The topological polar surface area (TPSA) is 12.5 Å². The van der Waals surface area contributed by atoms with E-state index in [-0.39, 0.29) is 0 Å². The lowest BCUT2D eigenvalue weighted by atomic mass is 9.98. The van der Waals surface area contributed by atoms with Crippen LogP contribution in [0.15, 0.2) is 48.5 Å². The molecule has 0 N–H and O–H groups in total. The summed E-state index contributed by atoms with van der Waals surface area (Å²) in [7, 11) is 0. The Hall–Kier alpha value is -1.64. The molecular formula is C20H25NO. The number of hydrogen-bond acceptors (Lipinski definition) is 2. The van der Waals surface area contributed by atoms with Crippen LogP contribution in [0.3, 0.4) is 0 Å². The van der Waals surface area contributed by atoms with E-state index >= 15 is 0 Å². The fraction of sp³-hybridized carbons (Fsp3) is 0.400. The molecule has 0 aliphatic carbocycles. The van der Waals surface area contributed by atoms with Gasteiger partial charge in [0.1, 0.15) is 0 Å². The molecule has 0 radical (unpaired) electrons. The van der Waals surface area contributed by atoms with Crippen molar-refractivity contribution in [1.29, 1.82) is 0 Å². The van der Waals surface area contributed by atoms with Crippen molar-refractivity contribution in [1.82, 2.24) is 4.90 Å². The second kappa shape index (κ2) is 7.08. The zero-order chi connectivity index (χ0) is 15.4. The third-order valence-corrected chi connectivity index (χ3v) is 4.35. The van der Waals surface area contributed by atoms with E-state index in [0.29, 0.717) is 5.92 Å². The van der Waals surface area contributed by atoms with E-state index in [4.69, 9.17) is 4.74 Å². The predicted molar refractivity (Wildman–Crippen MR) is 92.1 cm³/mol. The highest BCUT2D eigenvalue weighted by atomic mass is 16.5. The first-order valence-electron chi connectivity index (χ1n) is 8.22. The van der Waals surface area contributed by atoms with Crippen LogP contribution in [0, 0.1) is 0 Å². The Kier molecular flexibility index (Phi) is 4.91. The Bertz CT molecular complexity index is 597. The van der Waals surface area contributed by atoms with Crippen molar-refractivity contribution in [3.8, 4) is 11.1 Å². The van der Waals surface area contributed by atoms with Gasteiger partial charge >= 0.3 is 0 Å². The Morgan fingerprint density at radius 2 is 1.68 bits per heavy atom. The van der Waals surface area contributed by atoms with Crippen molar-refractivity contribution in [3.63, 3.8) is 0 Å². The Balaban J connectivity index is 1.75. The lowest BCUT2D eigenvalue weighted by Gasteiger charge is -2.26. The summed E-state index contributed by atoms with van der Waals surface area (Å²) in [6, 6.07) is 17.9. The van der Waals surface area contributed by atoms with E-state index in [9.17, 15) is 0 Å². The van der Waals surface area contributed by atoms with Crippen LogP contribution < -0.4 is 0 Å². The summed E-state index contributed by atoms with van der Waals surface area (Å²) in [5, 5.41) is 0. The maximum atomic E-state index is 5.42. The van der Waals surface area contributed by atoms with Gasteiger partial charge in [-0.1, -0.05) is 56.3 Å². The summed E-state index contributed by atoms with van der Waals surface area (Å²) in [4.78, 5) is 2.46. The van der Waals surface area contributed by atoms with Crippen molar-refractivity contribution in [2.45, 2.75) is 26.3 Å². The van der Waals surface area contributed by atoms with Gasteiger partial charge in [0.25, 0.3) is 0 Å². The molecule has 2 heteroatoms. The molecular weight excluding hydrogens is 270 g/mol. The molecule has 2 nitrogen and oxygen atoms in total. The van der Waals surface area contributed by atoms with Crippen LogP contribution in [-0.4, -0.2) is 31.2 Å². The fourth-order valence-electron chi connectivity index (χ4n) is 2.93. The van der Waals surface area contributed by atoms with Crippen LogP contribution in [0.4, 0.5) is 0 Å². The van der Waals surface area contributed by atoms with Crippen LogP contribution in [0.25, 0.3) is 11.1 Å². The largest absolute Gasteiger partial charge is 0.379 e. The molecule has 2 aromatic carbocycles. The van der Waals surface area contributed by atoms with Gasteiger partial charge in [-0.15, -0.1) is 0 Å². The first-order valence-corrected chi connectivity index (χ1v) is 8.22. The summed E-state index contributed by atoms with van der Waals surface area (Å²) in [6.07, 6.45) is 0. The third-order valence-electron chi connectivity index (χ3n) is 4.35. The zero-order valence-corrected chi connectivity index (χ0v) is 13.6. The average molecular weight is 295 g/mol. The standard InChI is InChI=1S/C20H25NO/c1-16(2)18-6-8-19(9-7-18)20-5-3-4-17(14-20)15-21-10-12-22-13-11-21/h3-9,14,16H,10-13,15H2,1-2H3. The molecule has 1 fully saturated rings. The summed E-state index contributed by atoms with van der Waals surface area (Å²) in [5.41, 5.74) is 5.38. The van der Waals surface area contributed by atoms with Gasteiger partial charge in [0.2, 0.25) is 0 Å². The minimum atomic E-state index is 0.585. The average Bonchev–Trinajstić information content (AvgIpc) is 2.56. The number of ether oxygens (including phenoxy) is 1. The number of hydrogen-bond donors (Lipinski definition) is 0. The highest BCUT2D eigenvalue weighted by molar-refractivity contribution is 5.64. The van der Waals surface area contributed by atoms with Gasteiger partial charge in [-0.25, -0.2) is 0 Å². The van der Waals surface area contributed by atoms with E-state index in [1.165, 1.54) is 22.3 Å². The van der Waals surface area contributed by atoms with Crippen molar-refractivity contribution in [3.05, 3.63) is 59.7 Å². The van der Waals surface area contributed by atoms with Crippen LogP contribution in [0.1, 0.15) is 30.9 Å². The van der Waals surface area contributed by atoms with Crippen LogP contribution in [0.2, 0.25) is 0 Å². The van der Waals surface area contributed by atoms with Gasteiger partial charge in [0.05, 0.1) is 13.2 Å². The molecule has 1 saturated heterocycles. The molecule has 2 aromatic rings. The van der Waals surface area contributed by atoms with Crippen molar-refractivity contribution in [2.24, 2.45) is 0 Å². The smallest absolute Gasteiger partial charge is 0.0594 e. The van der Waals surface area contributed by atoms with E-state index in [0.717, 1.165) is 32.8 Å². The molecule has 0 bridgehead atoms. The predicted octanol–water partition coefficient (Wildman–Crippen LogP) is 4.31. The first kappa shape index (κ1) is 15.3. The molecule has 1 heterocycles. The minimum Gasteiger partial charge on any atom is -0.379 e. The van der Waals surface area contributed by atoms with Crippen molar-refractivity contribution >= 4 is 0 Å². The quantitative estimate of drug-likeness (QED) is 0.833. The van der Waals surface area contributed by atoms with Gasteiger partial charge < -0.3 is 4.74 Å². The Morgan fingerprint density at radius 1 is 0.955 bits per heavy atom. The van der Waals surface area contributed by atoms with Crippen LogP contribution in [0.5, 0.6) is 0 Å². The van der Waals surface area contributed by atoms with E-state index in [2.05, 4.69) is 67.3 Å². The summed E-state index contributed by atoms with van der Waals surface area (Å²) >= 11 is 0. The van der Waals surface area contributed by atoms with Gasteiger partial charge in [0.15, 0.2) is 0 Å². The lowest BCUT2D eigenvalue weighted by molar-refractivity contribution is 0.0342. The van der Waals surface area contributed by atoms with Crippen molar-refractivity contribution < 1.29 is 4.74 Å². The third kappa shape index (κ3) is 3.76. The second-order valence-electron chi connectivity index (χ2n) is 6.37. The lowest BCUT2D eigenvalue weighted by Crippen LogP contribution is -2.35. The molecule has 1 aliphatic heterocycles. The summed E-state index contributed by atoms with van der Waals surface area (Å²) in [6.45, 7) is 9.27. The zero-order valence-electron chi connectivity index (χ0n) is 13.6. The number of nitrogens with zero attached hydrogens (tertiary/aromatic N) is 1. The molecule has 116 valence electrons. The van der Waals surface area contributed by atoms with Crippen LogP contribution >= 0.6 is 0 Å². The molecule has 0 spiro atoms. The molecule has 0 saturated carbocycles. The molecule has 0 unspecified atom stereocenters. The van der Waals surface area contributed by atoms with Crippen molar-refractivity contribution in [2.75, 3.05) is 26.3 Å². The molecule has 22 heavy (non-hydrogen) atoms. The van der Waals surface area contributed by atoms with Gasteiger partial charge in [-0.05, 0) is 34.2 Å².